The minimum atomic E-state index is -1.23. The smallest absolute Gasteiger partial charge is 0.217 e. The Labute approximate surface area is 127 Å². The largest absolute Gasteiger partial charge is 0.475 e. The summed E-state index contributed by atoms with van der Waals surface area (Å²) in [5.41, 5.74) is 1.97. The Bertz CT molecular complexity index is 707. The Morgan fingerprint density at radius 2 is 1.86 bits per heavy atom. The van der Waals surface area contributed by atoms with E-state index in [1.165, 1.54) is 0 Å². The number of aliphatic imine (C=N–C) groups is 1. The van der Waals surface area contributed by atoms with Crippen molar-refractivity contribution < 1.29 is 8.95 Å². The highest BCUT2D eigenvalue weighted by molar-refractivity contribution is 7.85. The SMILES string of the molecule is Cc1ccc(S(=O)c2ccccc2C2=N[C@@H](C)CO2)cc1. The zero-order chi connectivity index (χ0) is 14.8. The molecular formula is C17H17NO2S. The molecule has 1 aliphatic heterocycles. The molecule has 0 saturated heterocycles. The molecule has 21 heavy (non-hydrogen) atoms. The van der Waals surface area contributed by atoms with Crippen LogP contribution in [0.15, 0.2) is 63.3 Å². The molecule has 3 rings (SSSR count). The molecule has 0 radical (unpaired) electrons. The van der Waals surface area contributed by atoms with Gasteiger partial charge in [-0.15, -0.1) is 0 Å². The van der Waals surface area contributed by atoms with Crippen LogP contribution in [0.1, 0.15) is 18.1 Å². The third kappa shape index (κ3) is 2.90. The summed E-state index contributed by atoms with van der Waals surface area (Å²) in [7, 11) is -1.23. The summed E-state index contributed by atoms with van der Waals surface area (Å²) in [6.45, 7) is 4.61. The van der Waals surface area contributed by atoms with Gasteiger partial charge in [-0.25, -0.2) is 9.20 Å². The molecule has 4 heteroatoms. The summed E-state index contributed by atoms with van der Waals surface area (Å²) in [5.74, 6) is 0.596. The standard InChI is InChI=1S/C17H17NO2S/c1-12-7-9-14(10-8-12)21(19)16-6-4-3-5-15(16)17-18-13(2)11-20-17/h3-10,13H,11H2,1-2H3/t13-,21?/m0/s1. The maximum absolute atomic E-state index is 12.8. The lowest BCUT2D eigenvalue weighted by Crippen LogP contribution is -2.07. The summed E-state index contributed by atoms with van der Waals surface area (Å²) in [4.78, 5) is 6.01. The zero-order valence-electron chi connectivity index (χ0n) is 12.1. The van der Waals surface area contributed by atoms with Crippen molar-refractivity contribution in [2.24, 2.45) is 4.99 Å². The van der Waals surface area contributed by atoms with E-state index in [2.05, 4.69) is 4.99 Å². The van der Waals surface area contributed by atoms with Crippen molar-refractivity contribution in [2.75, 3.05) is 6.61 Å². The van der Waals surface area contributed by atoms with Gasteiger partial charge in [-0.05, 0) is 38.1 Å². The molecule has 0 bridgehead atoms. The number of benzene rings is 2. The van der Waals surface area contributed by atoms with Crippen LogP contribution in [-0.2, 0) is 15.5 Å². The van der Waals surface area contributed by atoms with Crippen LogP contribution >= 0.6 is 0 Å². The van der Waals surface area contributed by atoms with Gasteiger partial charge in [0.15, 0.2) is 0 Å². The lowest BCUT2D eigenvalue weighted by Gasteiger charge is -2.09. The van der Waals surface area contributed by atoms with E-state index in [-0.39, 0.29) is 6.04 Å². The normalized spacial score (nSPS) is 19.0. The molecule has 2 aromatic rings. The average Bonchev–Trinajstić information content (AvgIpc) is 2.94. The molecule has 1 unspecified atom stereocenters. The predicted octanol–water partition coefficient (Wildman–Crippen LogP) is 3.33. The van der Waals surface area contributed by atoms with Crippen LogP contribution in [-0.4, -0.2) is 22.8 Å². The summed E-state index contributed by atoms with van der Waals surface area (Å²) in [6.07, 6.45) is 0. The van der Waals surface area contributed by atoms with Gasteiger partial charge in [-0.1, -0.05) is 29.8 Å². The maximum atomic E-state index is 12.8. The Hall–Kier alpha value is -1.94. The molecular weight excluding hydrogens is 282 g/mol. The van der Waals surface area contributed by atoms with Crippen molar-refractivity contribution in [3.63, 3.8) is 0 Å². The molecule has 0 spiro atoms. The van der Waals surface area contributed by atoms with E-state index in [4.69, 9.17) is 4.74 Å². The highest BCUT2D eigenvalue weighted by atomic mass is 32.2. The van der Waals surface area contributed by atoms with Crippen LogP contribution in [0, 0.1) is 6.92 Å². The van der Waals surface area contributed by atoms with Gasteiger partial charge in [0.05, 0.1) is 27.3 Å². The first-order chi connectivity index (χ1) is 10.1. The maximum Gasteiger partial charge on any atom is 0.217 e. The van der Waals surface area contributed by atoms with Gasteiger partial charge in [0.2, 0.25) is 5.90 Å². The van der Waals surface area contributed by atoms with E-state index in [0.717, 1.165) is 20.9 Å². The number of hydrogen-bond donors (Lipinski definition) is 0. The second kappa shape index (κ2) is 5.82. The van der Waals surface area contributed by atoms with Crippen LogP contribution in [0.4, 0.5) is 0 Å². The molecule has 0 saturated carbocycles. The molecule has 1 aliphatic rings. The van der Waals surface area contributed by atoms with Crippen LogP contribution in [0.2, 0.25) is 0 Å². The van der Waals surface area contributed by atoms with E-state index >= 15 is 0 Å². The van der Waals surface area contributed by atoms with Gasteiger partial charge in [0, 0.05) is 4.90 Å². The second-order valence-electron chi connectivity index (χ2n) is 5.17. The third-order valence-electron chi connectivity index (χ3n) is 3.35. The lowest BCUT2D eigenvalue weighted by atomic mass is 10.2. The average molecular weight is 299 g/mol. The highest BCUT2D eigenvalue weighted by Gasteiger charge is 2.21. The molecule has 0 N–H and O–H groups in total. The van der Waals surface area contributed by atoms with E-state index in [9.17, 15) is 4.21 Å². The first kappa shape index (κ1) is 14.0. The van der Waals surface area contributed by atoms with Crippen molar-refractivity contribution in [2.45, 2.75) is 29.7 Å². The summed E-state index contributed by atoms with van der Waals surface area (Å²) >= 11 is 0. The van der Waals surface area contributed by atoms with Gasteiger partial charge >= 0.3 is 0 Å². The number of nitrogens with zero attached hydrogens (tertiary/aromatic N) is 1. The van der Waals surface area contributed by atoms with E-state index in [0.29, 0.717) is 12.5 Å². The fourth-order valence-electron chi connectivity index (χ4n) is 2.22. The Kier molecular flexibility index (Phi) is 3.88. The van der Waals surface area contributed by atoms with Gasteiger partial charge in [-0.3, -0.25) is 0 Å². The minimum absolute atomic E-state index is 0.154. The monoisotopic (exact) mass is 299 g/mol. The first-order valence-corrected chi connectivity index (χ1v) is 8.08. The molecule has 0 aliphatic carbocycles. The zero-order valence-corrected chi connectivity index (χ0v) is 12.9. The van der Waals surface area contributed by atoms with Crippen molar-refractivity contribution in [3.05, 3.63) is 59.7 Å². The van der Waals surface area contributed by atoms with Gasteiger partial charge in [-0.2, -0.15) is 0 Å². The molecule has 0 amide bonds. The van der Waals surface area contributed by atoms with Gasteiger partial charge in [0.25, 0.3) is 0 Å². The van der Waals surface area contributed by atoms with E-state index < -0.39 is 10.8 Å². The fourth-order valence-corrected chi connectivity index (χ4v) is 3.41. The van der Waals surface area contributed by atoms with Crippen LogP contribution < -0.4 is 0 Å². The van der Waals surface area contributed by atoms with Crippen LogP contribution in [0.25, 0.3) is 0 Å². The third-order valence-corrected chi connectivity index (χ3v) is 4.81. The molecule has 1 heterocycles. The van der Waals surface area contributed by atoms with E-state index in [1.807, 2.05) is 62.4 Å². The first-order valence-electron chi connectivity index (χ1n) is 6.93. The topological polar surface area (TPSA) is 38.7 Å². The van der Waals surface area contributed by atoms with Crippen molar-refractivity contribution in [1.82, 2.24) is 0 Å². The van der Waals surface area contributed by atoms with Gasteiger partial charge in [0.1, 0.15) is 6.61 Å². The van der Waals surface area contributed by atoms with Crippen LogP contribution in [0.5, 0.6) is 0 Å². The molecule has 108 valence electrons. The molecule has 0 fully saturated rings. The molecule has 3 nitrogen and oxygen atoms in total. The summed E-state index contributed by atoms with van der Waals surface area (Å²) in [5, 5.41) is 0. The van der Waals surface area contributed by atoms with Crippen molar-refractivity contribution in [1.29, 1.82) is 0 Å². The quantitative estimate of drug-likeness (QED) is 0.872. The fraction of sp³-hybridized carbons (Fsp3) is 0.235. The predicted molar refractivity (Wildman–Crippen MR) is 84.2 cm³/mol. The van der Waals surface area contributed by atoms with Crippen molar-refractivity contribution >= 4 is 16.7 Å². The minimum Gasteiger partial charge on any atom is -0.475 e. The highest BCUT2D eigenvalue weighted by Crippen LogP contribution is 2.23. The molecule has 2 aromatic carbocycles. The Balaban J connectivity index is 2.01. The number of aryl methyl sites for hydroxylation is 1. The van der Waals surface area contributed by atoms with E-state index in [1.54, 1.807) is 0 Å². The summed E-state index contributed by atoms with van der Waals surface area (Å²) < 4.78 is 18.4. The number of ether oxygens (including phenoxy) is 1. The molecule has 2 atom stereocenters. The molecule has 0 aromatic heterocycles. The van der Waals surface area contributed by atoms with Crippen LogP contribution in [0.3, 0.4) is 0 Å². The summed E-state index contributed by atoms with van der Waals surface area (Å²) in [6, 6.07) is 15.5. The number of rotatable bonds is 3. The van der Waals surface area contributed by atoms with Crippen molar-refractivity contribution in [3.8, 4) is 0 Å². The van der Waals surface area contributed by atoms with Gasteiger partial charge < -0.3 is 4.74 Å². The number of hydrogen-bond acceptors (Lipinski definition) is 3. The Morgan fingerprint density at radius 1 is 1.14 bits per heavy atom. The second-order valence-corrected chi connectivity index (χ2v) is 6.62. The lowest BCUT2D eigenvalue weighted by molar-refractivity contribution is 0.323. The Morgan fingerprint density at radius 3 is 2.52 bits per heavy atom.